The van der Waals surface area contributed by atoms with Gasteiger partial charge in [-0.15, -0.1) is 10.2 Å². The van der Waals surface area contributed by atoms with Gasteiger partial charge in [0.2, 0.25) is 5.95 Å². The first kappa shape index (κ1) is 19.8. The van der Waals surface area contributed by atoms with E-state index in [-0.39, 0.29) is 5.41 Å². The Morgan fingerprint density at radius 1 is 1.18 bits per heavy atom. The summed E-state index contributed by atoms with van der Waals surface area (Å²) >= 11 is 14.0. The third-order valence-electron chi connectivity index (χ3n) is 5.42. The minimum absolute atomic E-state index is 0.205. The van der Waals surface area contributed by atoms with Gasteiger partial charge < -0.3 is 10.6 Å². The fraction of sp³-hybridized carbons (Fsp3) is 0.421. The molecule has 9 heteroatoms. The van der Waals surface area contributed by atoms with Gasteiger partial charge in [-0.05, 0) is 43.9 Å². The van der Waals surface area contributed by atoms with Gasteiger partial charge in [0.25, 0.3) is 0 Å². The van der Waals surface area contributed by atoms with E-state index in [9.17, 15) is 0 Å². The van der Waals surface area contributed by atoms with E-state index in [1.54, 1.807) is 6.07 Å². The summed E-state index contributed by atoms with van der Waals surface area (Å²) in [6.07, 6.45) is 3.93. The number of anilines is 1. The monoisotopic (exact) mass is 436 g/mol. The Morgan fingerprint density at radius 3 is 2.64 bits per heavy atom. The van der Waals surface area contributed by atoms with Crippen molar-refractivity contribution in [3.8, 4) is 0 Å². The van der Waals surface area contributed by atoms with Gasteiger partial charge in [-0.2, -0.15) is 0 Å². The molecule has 0 saturated carbocycles. The highest BCUT2D eigenvalue weighted by Gasteiger charge is 2.30. The number of rotatable bonds is 4. The number of fused-ring (bicyclic) bond motifs is 1. The highest BCUT2D eigenvalue weighted by atomic mass is 35.5. The van der Waals surface area contributed by atoms with Crippen LogP contribution >= 0.6 is 35.0 Å². The van der Waals surface area contributed by atoms with Crippen molar-refractivity contribution in [2.45, 2.75) is 36.5 Å². The fourth-order valence-corrected chi connectivity index (χ4v) is 4.80. The fourth-order valence-electron chi connectivity index (χ4n) is 3.42. The molecule has 148 valence electrons. The van der Waals surface area contributed by atoms with Crippen molar-refractivity contribution >= 4 is 46.6 Å². The Kier molecular flexibility index (Phi) is 5.44. The molecule has 0 radical (unpaired) electrons. The van der Waals surface area contributed by atoms with Crippen LogP contribution in [0, 0.1) is 12.3 Å². The van der Waals surface area contributed by atoms with Crippen molar-refractivity contribution in [3.05, 3.63) is 40.3 Å². The average molecular weight is 437 g/mol. The lowest BCUT2D eigenvalue weighted by atomic mass is 9.81. The summed E-state index contributed by atoms with van der Waals surface area (Å²) < 4.78 is 2.02. The molecule has 0 amide bonds. The molecule has 1 aromatic carbocycles. The predicted molar refractivity (Wildman–Crippen MR) is 115 cm³/mol. The van der Waals surface area contributed by atoms with Crippen molar-refractivity contribution in [3.63, 3.8) is 0 Å². The Balaban J connectivity index is 1.69. The lowest BCUT2D eigenvalue weighted by molar-refractivity contribution is 0.257. The van der Waals surface area contributed by atoms with Crippen molar-refractivity contribution in [1.29, 1.82) is 0 Å². The minimum Gasteiger partial charge on any atom is -0.342 e. The maximum Gasteiger partial charge on any atom is 0.212 e. The number of aromatic nitrogens is 4. The quantitative estimate of drug-likeness (QED) is 0.650. The molecule has 3 heterocycles. The molecule has 28 heavy (non-hydrogen) atoms. The molecular weight excluding hydrogens is 415 g/mol. The molecular formula is C19H22Cl2N6S. The lowest BCUT2D eigenvalue weighted by Crippen LogP contribution is -2.43. The van der Waals surface area contributed by atoms with Gasteiger partial charge in [0, 0.05) is 24.2 Å². The molecule has 0 spiro atoms. The second-order valence-electron chi connectivity index (χ2n) is 7.48. The maximum atomic E-state index is 6.36. The number of hydrogen-bond acceptors (Lipinski definition) is 6. The van der Waals surface area contributed by atoms with Crippen molar-refractivity contribution in [2.24, 2.45) is 11.1 Å². The largest absolute Gasteiger partial charge is 0.342 e. The zero-order chi connectivity index (χ0) is 19.9. The van der Waals surface area contributed by atoms with Crippen LogP contribution in [0.4, 0.5) is 5.95 Å². The maximum absolute atomic E-state index is 6.36. The van der Waals surface area contributed by atoms with Crippen LogP contribution in [0.5, 0.6) is 0 Å². The van der Waals surface area contributed by atoms with E-state index in [4.69, 9.17) is 33.9 Å². The van der Waals surface area contributed by atoms with E-state index >= 15 is 0 Å². The van der Waals surface area contributed by atoms with Crippen LogP contribution < -0.4 is 10.6 Å². The summed E-state index contributed by atoms with van der Waals surface area (Å²) in [7, 11) is 0. The average Bonchev–Trinajstić information content (AvgIpc) is 3.09. The van der Waals surface area contributed by atoms with Crippen LogP contribution in [0.25, 0.3) is 5.65 Å². The zero-order valence-corrected chi connectivity index (χ0v) is 18.2. The molecule has 0 unspecified atom stereocenters. The summed E-state index contributed by atoms with van der Waals surface area (Å²) in [5.41, 5.74) is 6.93. The molecule has 0 aliphatic carbocycles. The zero-order valence-electron chi connectivity index (χ0n) is 15.8. The minimum atomic E-state index is 0.205. The molecule has 1 fully saturated rings. The van der Waals surface area contributed by atoms with Gasteiger partial charge in [-0.25, -0.2) is 9.38 Å². The van der Waals surface area contributed by atoms with Crippen LogP contribution in [0.1, 0.15) is 25.6 Å². The Labute approximate surface area is 178 Å². The van der Waals surface area contributed by atoms with E-state index in [1.165, 1.54) is 11.8 Å². The van der Waals surface area contributed by atoms with Crippen LogP contribution in [0.2, 0.25) is 10.0 Å². The van der Waals surface area contributed by atoms with E-state index in [2.05, 4.69) is 22.0 Å². The molecule has 2 aromatic heterocycles. The normalized spacial score (nSPS) is 16.7. The highest BCUT2D eigenvalue weighted by molar-refractivity contribution is 7.99. The van der Waals surface area contributed by atoms with Crippen LogP contribution in [-0.2, 0) is 0 Å². The van der Waals surface area contributed by atoms with Gasteiger partial charge >= 0.3 is 0 Å². The standard InChI is InChI=1S/C19H22Cl2N6S/c1-12-24-25-17-15(28-14-5-3-4-13(20)16(14)21)10-23-18(27(12)17)26-8-6-19(2,11-22)7-9-26/h3-5,10H,6-9,11,22H2,1-2H3. The summed E-state index contributed by atoms with van der Waals surface area (Å²) in [6, 6.07) is 5.59. The Morgan fingerprint density at radius 2 is 1.93 bits per heavy atom. The molecule has 2 N–H and O–H groups in total. The van der Waals surface area contributed by atoms with E-state index < -0.39 is 0 Å². The summed E-state index contributed by atoms with van der Waals surface area (Å²) in [6.45, 7) is 6.75. The number of nitrogens with two attached hydrogens (primary N) is 1. The second kappa shape index (κ2) is 7.71. The molecule has 4 rings (SSSR count). The van der Waals surface area contributed by atoms with Crippen molar-refractivity contribution < 1.29 is 0 Å². The summed E-state index contributed by atoms with van der Waals surface area (Å²) in [4.78, 5) is 8.81. The third-order valence-corrected chi connectivity index (χ3v) is 7.42. The topological polar surface area (TPSA) is 72.3 Å². The van der Waals surface area contributed by atoms with Gasteiger partial charge in [-0.3, -0.25) is 0 Å². The van der Waals surface area contributed by atoms with Crippen molar-refractivity contribution in [2.75, 3.05) is 24.5 Å². The van der Waals surface area contributed by atoms with E-state index in [0.29, 0.717) is 16.6 Å². The number of piperidine rings is 1. The van der Waals surface area contributed by atoms with Crippen LogP contribution in [0.3, 0.4) is 0 Å². The molecule has 3 aromatic rings. The van der Waals surface area contributed by atoms with Crippen LogP contribution in [0.15, 0.2) is 34.2 Å². The molecule has 0 atom stereocenters. The van der Waals surface area contributed by atoms with Gasteiger partial charge in [0.05, 0.1) is 14.9 Å². The Hall–Kier alpha value is -1.54. The number of aryl methyl sites for hydroxylation is 1. The van der Waals surface area contributed by atoms with Gasteiger partial charge in [0.1, 0.15) is 5.82 Å². The molecule has 1 aliphatic rings. The van der Waals surface area contributed by atoms with Gasteiger partial charge in [-0.1, -0.05) is 48.0 Å². The first-order valence-corrected chi connectivity index (χ1v) is 10.8. The van der Waals surface area contributed by atoms with Crippen molar-refractivity contribution in [1.82, 2.24) is 19.6 Å². The SMILES string of the molecule is Cc1nnc2c(Sc3cccc(Cl)c3Cl)cnc(N3CCC(C)(CN)CC3)n12. The third kappa shape index (κ3) is 3.56. The highest BCUT2D eigenvalue weighted by Crippen LogP contribution is 2.39. The lowest BCUT2D eigenvalue weighted by Gasteiger charge is -2.39. The molecule has 0 bridgehead atoms. The second-order valence-corrected chi connectivity index (χ2v) is 9.35. The number of nitrogens with zero attached hydrogens (tertiary/aromatic N) is 5. The molecule has 1 aliphatic heterocycles. The first-order valence-electron chi connectivity index (χ1n) is 9.19. The predicted octanol–water partition coefficient (Wildman–Crippen LogP) is 4.46. The number of benzene rings is 1. The number of hydrogen-bond donors (Lipinski definition) is 1. The van der Waals surface area contributed by atoms with Gasteiger partial charge in [0.15, 0.2) is 5.65 Å². The van der Waals surface area contributed by atoms with E-state index in [0.717, 1.165) is 53.1 Å². The summed E-state index contributed by atoms with van der Waals surface area (Å²) in [5.74, 6) is 1.68. The Bertz CT molecular complexity index is 1010. The molecule has 6 nitrogen and oxygen atoms in total. The smallest absolute Gasteiger partial charge is 0.212 e. The van der Waals surface area contributed by atoms with E-state index in [1.807, 2.05) is 29.7 Å². The molecule has 1 saturated heterocycles. The first-order chi connectivity index (χ1) is 13.4. The van der Waals surface area contributed by atoms with Crippen LogP contribution in [-0.4, -0.2) is 39.2 Å². The summed E-state index contributed by atoms with van der Waals surface area (Å²) in [5, 5.41) is 9.75. The number of halogens is 2.